The second kappa shape index (κ2) is 10.4. The van der Waals surface area contributed by atoms with Gasteiger partial charge in [0.05, 0.1) is 29.9 Å². The number of anilines is 1. The van der Waals surface area contributed by atoms with Crippen molar-refractivity contribution in [3.63, 3.8) is 0 Å². The maximum atomic E-state index is 12.3. The lowest BCUT2D eigenvalue weighted by atomic mass is 10.2. The summed E-state index contributed by atoms with van der Waals surface area (Å²) in [6.07, 6.45) is -0.345. The van der Waals surface area contributed by atoms with Gasteiger partial charge in [-0.15, -0.1) is 11.3 Å². The van der Waals surface area contributed by atoms with E-state index >= 15 is 0 Å². The van der Waals surface area contributed by atoms with Gasteiger partial charge in [-0.25, -0.2) is 13.4 Å². The first kappa shape index (κ1) is 23.4. The molecule has 0 fully saturated rings. The van der Waals surface area contributed by atoms with Crippen molar-refractivity contribution in [1.82, 2.24) is 4.98 Å². The summed E-state index contributed by atoms with van der Waals surface area (Å²) in [5.74, 6) is -0.996. The van der Waals surface area contributed by atoms with E-state index in [1.165, 1.54) is 23.5 Å². The Morgan fingerprint density at radius 2 is 1.75 bits per heavy atom. The number of nitrogens with one attached hydrogen (secondary N) is 1. The minimum atomic E-state index is -3.60. The van der Waals surface area contributed by atoms with Gasteiger partial charge in [0.2, 0.25) is 0 Å². The first-order valence-electron chi connectivity index (χ1n) is 9.62. The fourth-order valence-corrected chi connectivity index (χ4v) is 4.64. The molecule has 32 heavy (non-hydrogen) atoms. The Morgan fingerprint density at radius 1 is 1.06 bits per heavy atom. The molecule has 0 atom stereocenters. The Morgan fingerprint density at radius 3 is 2.41 bits per heavy atom. The zero-order valence-corrected chi connectivity index (χ0v) is 19.2. The molecule has 8 nitrogen and oxygen atoms in total. The van der Waals surface area contributed by atoms with Crippen LogP contribution in [-0.2, 0) is 24.2 Å². The van der Waals surface area contributed by atoms with Gasteiger partial charge >= 0.3 is 5.97 Å². The standard InChI is InChI=1S/C22H22N2O6S2/c1-15-3-9-18(10-4-15)32(27,28)12-11-21(26)30-13-20(25)24-22-23-19(14-31-22)16-5-7-17(29-2)8-6-16/h3-10,14H,11-13H2,1-2H3,(H,23,24,25). The molecule has 0 unspecified atom stereocenters. The summed E-state index contributed by atoms with van der Waals surface area (Å²) in [7, 11) is -2.02. The van der Waals surface area contributed by atoms with E-state index in [9.17, 15) is 18.0 Å². The molecule has 0 aliphatic rings. The molecule has 0 aliphatic heterocycles. The minimum absolute atomic E-state index is 0.144. The van der Waals surface area contributed by atoms with Crippen LogP contribution in [0.1, 0.15) is 12.0 Å². The minimum Gasteiger partial charge on any atom is -0.497 e. The number of carbonyl (C=O) groups excluding carboxylic acids is 2. The highest BCUT2D eigenvalue weighted by molar-refractivity contribution is 7.91. The fourth-order valence-electron chi connectivity index (χ4n) is 2.68. The van der Waals surface area contributed by atoms with Crippen LogP contribution >= 0.6 is 11.3 Å². The number of aryl methyl sites for hydroxylation is 1. The number of ether oxygens (including phenoxy) is 2. The normalized spacial score (nSPS) is 11.1. The van der Waals surface area contributed by atoms with E-state index in [1.807, 2.05) is 31.2 Å². The molecule has 0 radical (unpaired) electrons. The van der Waals surface area contributed by atoms with Crippen LogP contribution in [0.15, 0.2) is 58.8 Å². The molecule has 0 bridgehead atoms. The Balaban J connectivity index is 1.46. The molecule has 1 heterocycles. The second-order valence-corrected chi connectivity index (χ2v) is 9.82. The number of thiazole rings is 1. The number of nitrogens with zero attached hydrogens (tertiary/aromatic N) is 1. The molecular weight excluding hydrogens is 452 g/mol. The molecule has 0 saturated heterocycles. The molecule has 1 amide bonds. The van der Waals surface area contributed by atoms with E-state index in [0.29, 0.717) is 10.8 Å². The smallest absolute Gasteiger partial charge is 0.307 e. The average Bonchev–Trinajstić information content (AvgIpc) is 3.25. The molecular formula is C22H22N2O6S2. The van der Waals surface area contributed by atoms with Gasteiger partial charge in [0.15, 0.2) is 21.6 Å². The van der Waals surface area contributed by atoms with E-state index in [-0.39, 0.29) is 11.3 Å². The lowest BCUT2D eigenvalue weighted by molar-refractivity contribution is -0.146. The van der Waals surface area contributed by atoms with Gasteiger partial charge in [0.25, 0.3) is 5.91 Å². The number of amides is 1. The lowest BCUT2D eigenvalue weighted by Gasteiger charge is -2.06. The van der Waals surface area contributed by atoms with Gasteiger partial charge < -0.3 is 9.47 Å². The summed E-state index contributed by atoms with van der Waals surface area (Å²) in [6.45, 7) is 1.32. The van der Waals surface area contributed by atoms with Crippen LogP contribution in [-0.4, -0.2) is 44.7 Å². The van der Waals surface area contributed by atoms with Crippen molar-refractivity contribution in [2.24, 2.45) is 0 Å². The quantitative estimate of drug-likeness (QED) is 0.473. The molecule has 10 heteroatoms. The van der Waals surface area contributed by atoms with Gasteiger partial charge in [-0.3, -0.25) is 14.9 Å². The summed E-state index contributed by atoms with van der Waals surface area (Å²) >= 11 is 1.24. The number of hydrogen-bond donors (Lipinski definition) is 1. The van der Waals surface area contributed by atoms with Crippen molar-refractivity contribution < 1.29 is 27.5 Å². The molecule has 0 aliphatic carbocycles. The van der Waals surface area contributed by atoms with Crippen LogP contribution in [0.25, 0.3) is 11.3 Å². The number of rotatable bonds is 9. The summed E-state index contributed by atoms with van der Waals surface area (Å²) in [4.78, 5) is 28.4. The van der Waals surface area contributed by atoms with E-state index in [0.717, 1.165) is 16.9 Å². The van der Waals surface area contributed by atoms with Crippen LogP contribution < -0.4 is 10.1 Å². The predicted octanol–water partition coefficient (Wildman–Crippen LogP) is 3.47. The van der Waals surface area contributed by atoms with E-state index < -0.39 is 34.1 Å². The summed E-state index contributed by atoms with van der Waals surface area (Å²) in [6, 6.07) is 13.7. The second-order valence-electron chi connectivity index (χ2n) is 6.86. The van der Waals surface area contributed by atoms with Crippen molar-refractivity contribution in [3.8, 4) is 17.0 Å². The zero-order chi connectivity index (χ0) is 23.1. The Bertz CT molecular complexity index is 1190. The number of esters is 1. The number of carbonyl (C=O) groups is 2. The Labute approximate surface area is 190 Å². The topological polar surface area (TPSA) is 112 Å². The Hall–Kier alpha value is -3.24. The maximum absolute atomic E-state index is 12.3. The Kier molecular flexibility index (Phi) is 7.60. The first-order valence-corrected chi connectivity index (χ1v) is 12.1. The largest absolute Gasteiger partial charge is 0.497 e. The van der Waals surface area contributed by atoms with Crippen molar-refractivity contribution in [2.75, 3.05) is 24.8 Å². The number of benzene rings is 2. The number of aromatic nitrogens is 1. The lowest BCUT2D eigenvalue weighted by Crippen LogP contribution is -2.22. The monoisotopic (exact) mass is 474 g/mol. The van der Waals surface area contributed by atoms with Crippen LogP contribution in [0.5, 0.6) is 5.75 Å². The number of sulfone groups is 1. The highest BCUT2D eigenvalue weighted by Gasteiger charge is 2.18. The van der Waals surface area contributed by atoms with E-state index in [4.69, 9.17) is 9.47 Å². The third kappa shape index (κ3) is 6.38. The average molecular weight is 475 g/mol. The van der Waals surface area contributed by atoms with Crippen LogP contribution in [0.3, 0.4) is 0 Å². The molecule has 1 aromatic heterocycles. The molecule has 1 N–H and O–H groups in total. The van der Waals surface area contributed by atoms with Gasteiger partial charge in [-0.1, -0.05) is 17.7 Å². The van der Waals surface area contributed by atoms with Crippen molar-refractivity contribution in [3.05, 3.63) is 59.5 Å². The number of methoxy groups -OCH3 is 1. The highest BCUT2D eigenvalue weighted by atomic mass is 32.2. The molecule has 0 spiro atoms. The van der Waals surface area contributed by atoms with Crippen LogP contribution in [0, 0.1) is 6.92 Å². The van der Waals surface area contributed by atoms with E-state index in [2.05, 4.69) is 10.3 Å². The molecule has 168 valence electrons. The molecule has 0 saturated carbocycles. The number of hydrogen-bond acceptors (Lipinski definition) is 8. The highest BCUT2D eigenvalue weighted by Crippen LogP contribution is 2.26. The SMILES string of the molecule is COc1ccc(-c2csc(NC(=O)COC(=O)CCS(=O)(=O)c3ccc(C)cc3)n2)cc1. The van der Waals surface area contributed by atoms with Crippen molar-refractivity contribution in [1.29, 1.82) is 0 Å². The summed E-state index contributed by atoms with van der Waals surface area (Å²) in [5, 5.41) is 4.71. The molecule has 2 aromatic carbocycles. The summed E-state index contributed by atoms with van der Waals surface area (Å²) < 4.78 is 34.6. The van der Waals surface area contributed by atoms with Crippen LogP contribution in [0.2, 0.25) is 0 Å². The van der Waals surface area contributed by atoms with Crippen LogP contribution in [0.4, 0.5) is 5.13 Å². The molecule has 3 aromatic rings. The fraction of sp³-hybridized carbons (Fsp3) is 0.227. The van der Waals surface area contributed by atoms with Gasteiger partial charge in [0, 0.05) is 10.9 Å². The third-order valence-corrected chi connectivity index (χ3v) is 6.95. The predicted molar refractivity (Wildman–Crippen MR) is 122 cm³/mol. The zero-order valence-electron chi connectivity index (χ0n) is 17.5. The van der Waals surface area contributed by atoms with Crippen molar-refractivity contribution >= 4 is 38.2 Å². The maximum Gasteiger partial charge on any atom is 0.307 e. The third-order valence-electron chi connectivity index (χ3n) is 4.46. The summed E-state index contributed by atoms with van der Waals surface area (Å²) in [5.41, 5.74) is 2.49. The first-order chi connectivity index (χ1) is 15.3. The van der Waals surface area contributed by atoms with Crippen molar-refractivity contribution in [2.45, 2.75) is 18.2 Å². The van der Waals surface area contributed by atoms with E-state index in [1.54, 1.807) is 24.6 Å². The van der Waals surface area contributed by atoms with Gasteiger partial charge in [0.1, 0.15) is 5.75 Å². The van der Waals surface area contributed by atoms with Gasteiger partial charge in [-0.2, -0.15) is 0 Å². The van der Waals surface area contributed by atoms with Gasteiger partial charge in [-0.05, 0) is 43.3 Å². The molecule has 3 rings (SSSR count).